The molecule has 0 bridgehead atoms. The molecule has 1 saturated heterocycles. The Kier molecular flexibility index (Phi) is 11.2. The smallest absolute Gasteiger partial charge is 0.243 e. The van der Waals surface area contributed by atoms with Gasteiger partial charge in [-0.15, -0.1) is 0 Å². The van der Waals surface area contributed by atoms with E-state index >= 15 is 0 Å². The average molecular weight is 648 g/mol. The quantitative estimate of drug-likeness (QED) is 0.211. The lowest BCUT2D eigenvalue weighted by Crippen LogP contribution is -2.52. The molecule has 0 N–H and O–H groups in total. The van der Waals surface area contributed by atoms with Crippen LogP contribution < -0.4 is 14.4 Å². The number of hydrogen-bond acceptors (Lipinski definition) is 8. The summed E-state index contributed by atoms with van der Waals surface area (Å²) in [6, 6.07) is 22.9. The summed E-state index contributed by atoms with van der Waals surface area (Å²) in [5.74, 6) is 1.21. The van der Waals surface area contributed by atoms with Crippen molar-refractivity contribution in [1.29, 1.82) is 5.26 Å². The van der Waals surface area contributed by atoms with Crippen molar-refractivity contribution in [1.82, 2.24) is 4.31 Å². The van der Waals surface area contributed by atoms with Gasteiger partial charge in [-0.05, 0) is 80.6 Å². The number of sulfonamides is 1. The fourth-order valence-electron chi connectivity index (χ4n) is 6.44. The third kappa shape index (κ3) is 7.84. The highest BCUT2D eigenvalue weighted by Crippen LogP contribution is 2.40. The minimum atomic E-state index is -3.85. The Morgan fingerprint density at radius 3 is 2.52 bits per heavy atom. The molecule has 0 radical (unpaired) electrons. The predicted molar refractivity (Wildman–Crippen MR) is 178 cm³/mol. The monoisotopic (exact) mass is 647 g/mol. The number of ether oxygens (including phenoxy) is 4. The van der Waals surface area contributed by atoms with Gasteiger partial charge in [-0.3, -0.25) is 0 Å². The topological polar surface area (TPSA) is 101 Å². The zero-order chi connectivity index (χ0) is 32.7. The Hall–Kier alpha value is -3.62. The number of piperidine rings is 1. The summed E-state index contributed by atoms with van der Waals surface area (Å²) in [5.41, 5.74) is 4.06. The summed E-state index contributed by atoms with van der Waals surface area (Å²) >= 11 is 0. The number of methoxy groups -OCH3 is 2. The lowest BCUT2D eigenvalue weighted by Gasteiger charge is -2.43. The van der Waals surface area contributed by atoms with Gasteiger partial charge in [-0.2, -0.15) is 9.57 Å². The molecular weight excluding hydrogens is 602 g/mol. The standard InChI is InChI=1S/C36H45N3O6S/c1-26-6-13-32(14-7-26)46(40,41)39-24-36(33(22-30(39)20-27(2)23-37)29-9-11-31(43-4)12-10-29)45-25-28-8-15-35-34(21-28)38(17-19-44-35)16-5-18-42-3/h6-15,21,27,30,33,36H,5,16-20,22,24-25H2,1-4H3/t27?,30?,33?,36-/m1/s1. The van der Waals surface area contributed by atoms with Crippen molar-refractivity contribution >= 4 is 15.7 Å². The van der Waals surface area contributed by atoms with E-state index in [-0.39, 0.29) is 29.3 Å². The van der Waals surface area contributed by atoms with Crippen LogP contribution in [0.2, 0.25) is 0 Å². The number of fused-ring (bicyclic) bond motifs is 1. The number of nitriles is 1. The molecule has 246 valence electrons. The predicted octanol–water partition coefficient (Wildman–Crippen LogP) is 5.92. The van der Waals surface area contributed by atoms with Gasteiger partial charge in [0.25, 0.3) is 0 Å². The van der Waals surface area contributed by atoms with E-state index in [0.717, 1.165) is 53.4 Å². The molecule has 46 heavy (non-hydrogen) atoms. The number of nitrogens with zero attached hydrogens (tertiary/aromatic N) is 3. The Labute approximate surface area is 273 Å². The van der Waals surface area contributed by atoms with Gasteiger partial charge in [-0.25, -0.2) is 8.42 Å². The first-order valence-electron chi connectivity index (χ1n) is 16.0. The van der Waals surface area contributed by atoms with Gasteiger partial charge in [0.15, 0.2) is 0 Å². The molecule has 5 rings (SSSR count). The van der Waals surface area contributed by atoms with Crippen LogP contribution in [0, 0.1) is 24.2 Å². The van der Waals surface area contributed by atoms with Crippen molar-refractivity contribution in [2.75, 3.05) is 52.0 Å². The molecule has 0 aliphatic carbocycles. The molecule has 0 spiro atoms. The van der Waals surface area contributed by atoms with Gasteiger partial charge in [0.1, 0.15) is 18.1 Å². The molecule has 3 unspecified atom stereocenters. The molecule has 0 amide bonds. The first-order valence-corrected chi connectivity index (χ1v) is 17.4. The number of aryl methyl sites for hydroxylation is 1. The van der Waals surface area contributed by atoms with Gasteiger partial charge in [0.05, 0.1) is 43.0 Å². The molecule has 3 aromatic rings. The van der Waals surface area contributed by atoms with Gasteiger partial charge in [0.2, 0.25) is 10.0 Å². The zero-order valence-corrected chi connectivity index (χ0v) is 28.0. The van der Waals surface area contributed by atoms with Crippen LogP contribution in [0.25, 0.3) is 0 Å². The first kappa shape index (κ1) is 33.7. The number of rotatable bonds is 13. The van der Waals surface area contributed by atoms with E-state index in [9.17, 15) is 13.7 Å². The Morgan fingerprint density at radius 1 is 1.07 bits per heavy atom. The highest BCUT2D eigenvalue weighted by Gasteiger charge is 2.43. The van der Waals surface area contributed by atoms with Gasteiger partial charge >= 0.3 is 0 Å². The van der Waals surface area contributed by atoms with Crippen LogP contribution in [0.15, 0.2) is 71.6 Å². The number of hydrogen-bond donors (Lipinski definition) is 0. The summed E-state index contributed by atoms with van der Waals surface area (Å²) in [6.07, 6.45) is 1.45. The van der Waals surface area contributed by atoms with Crippen molar-refractivity contribution < 1.29 is 27.4 Å². The second-order valence-corrected chi connectivity index (χ2v) is 14.1. The molecule has 0 saturated carbocycles. The van der Waals surface area contributed by atoms with E-state index < -0.39 is 16.1 Å². The van der Waals surface area contributed by atoms with Crippen LogP contribution in [0.1, 0.15) is 48.8 Å². The van der Waals surface area contributed by atoms with E-state index in [2.05, 4.69) is 17.0 Å². The van der Waals surface area contributed by atoms with E-state index in [1.807, 2.05) is 62.4 Å². The molecule has 1 fully saturated rings. The maximum Gasteiger partial charge on any atom is 0.243 e. The minimum absolute atomic E-state index is 0.0854. The molecule has 2 aliphatic heterocycles. The Bertz CT molecular complexity index is 1590. The van der Waals surface area contributed by atoms with E-state index in [1.165, 1.54) is 0 Å². The summed E-state index contributed by atoms with van der Waals surface area (Å²) in [6.45, 7) is 7.27. The molecule has 3 aromatic carbocycles. The Balaban J connectivity index is 1.45. The van der Waals surface area contributed by atoms with Crippen LogP contribution in [-0.2, 0) is 26.1 Å². The van der Waals surface area contributed by atoms with Gasteiger partial charge < -0.3 is 23.8 Å². The van der Waals surface area contributed by atoms with Crippen molar-refractivity contribution in [2.24, 2.45) is 5.92 Å². The van der Waals surface area contributed by atoms with E-state index in [1.54, 1.807) is 30.7 Å². The van der Waals surface area contributed by atoms with Gasteiger partial charge in [-0.1, -0.05) is 35.9 Å². The fraction of sp³-hybridized carbons (Fsp3) is 0.472. The van der Waals surface area contributed by atoms with Crippen molar-refractivity contribution in [2.45, 2.75) is 62.7 Å². The second-order valence-electron chi connectivity index (χ2n) is 12.3. The summed E-state index contributed by atoms with van der Waals surface area (Å²) in [7, 11) is -0.503. The highest BCUT2D eigenvalue weighted by molar-refractivity contribution is 7.89. The number of benzene rings is 3. The molecule has 2 heterocycles. The summed E-state index contributed by atoms with van der Waals surface area (Å²) in [4.78, 5) is 2.57. The molecule has 2 aliphatic rings. The fourth-order valence-corrected chi connectivity index (χ4v) is 8.10. The maximum atomic E-state index is 14.2. The number of anilines is 1. The zero-order valence-electron chi connectivity index (χ0n) is 27.2. The van der Waals surface area contributed by atoms with E-state index in [4.69, 9.17) is 18.9 Å². The normalized spacial score (nSPS) is 20.8. The van der Waals surface area contributed by atoms with Gasteiger partial charge in [0, 0.05) is 44.7 Å². The van der Waals surface area contributed by atoms with E-state index in [0.29, 0.717) is 32.7 Å². The van der Waals surface area contributed by atoms with Crippen LogP contribution in [0.5, 0.6) is 11.5 Å². The maximum absolute atomic E-state index is 14.2. The summed E-state index contributed by atoms with van der Waals surface area (Å²) in [5, 5.41) is 9.69. The Morgan fingerprint density at radius 2 is 1.83 bits per heavy atom. The molecule has 0 aromatic heterocycles. The van der Waals surface area contributed by atoms with Crippen molar-refractivity contribution in [3.05, 3.63) is 83.4 Å². The second kappa shape index (κ2) is 15.3. The minimum Gasteiger partial charge on any atom is -0.497 e. The molecule has 9 nitrogen and oxygen atoms in total. The largest absolute Gasteiger partial charge is 0.497 e. The lowest BCUT2D eigenvalue weighted by molar-refractivity contribution is -0.0217. The third-order valence-corrected chi connectivity index (χ3v) is 10.9. The first-order chi connectivity index (χ1) is 22.2. The van der Waals surface area contributed by atoms with Crippen molar-refractivity contribution in [3.63, 3.8) is 0 Å². The molecular formula is C36H45N3O6S. The lowest BCUT2D eigenvalue weighted by atomic mass is 9.82. The average Bonchev–Trinajstić information content (AvgIpc) is 3.07. The highest BCUT2D eigenvalue weighted by atomic mass is 32.2. The van der Waals surface area contributed by atoms with Crippen LogP contribution in [0.3, 0.4) is 0 Å². The van der Waals surface area contributed by atoms with Crippen molar-refractivity contribution in [3.8, 4) is 17.6 Å². The molecule has 10 heteroatoms. The molecule has 4 atom stereocenters. The van der Waals surface area contributed by atoms with Crippen LogP contribution in [0.4, 0.5) is 5.69 Å². The summed E-state index contributed by atoms with van der Waals surface area (Å²) < 4.78 is 53.2. The van der Waals surface area contributed by atoms with Crippen LogP contribution in [-0.4, -0.2) is 71.9 Å². The third-order valence-electron chi connectivity index (χ3n) is 8.98. The SMILES string of the molecule is COCCCN1CCOc2ccc(CO[C@@H]3CN(S(=O)(=O)c4ccc(C)cc4)C(CC(C)C#N)CC3c3ccc(OC)cc3)cc21. The van der Waals surface area contributed by atoms with Crippen LogP contribution >= 0.6 is 0 Å².